The average molecular weight is 195 g/mol. The van der Waals surface area contributed by atoms with Gasteiger partial charge in [-0.1, -0.05) is 0 Å². The molecule has 0 bridgehead atoms. The molecule has 2 N–H and O–H groups in total. The van der Waals surface area contributed by atoms with Crippen molar-refractivity contribution in [3.63, 3.8) is 0 Å². The molecule has 4 heteroatoms. The van der Waals surface area contributed by atoms with Crippen LogP contribution in [0.2, 0.25) is 0 Å². The Morgan fingerprint density at radius 3 is 3.21 bits per heavy atom. The van der Waals surface area contributed by atoms with Gasteiger partial charge in [-0.15, -0.1) is 0 Å². The van der Waals surface area contributed by atoms with Crippen LogP contribution in [0.15, 0.2) is 10.7 Å². The summed E-state index contributed by atoms with van der Waals surface area (Å²) in [5, 5.41) is 0. The lowest BCUT2D eigenvalue weighted by Gasteiger charge is -2.28. The van der Waals surface area contributed by atoms with Gasteiger partial charge in [-0.25, -0.2) is 4.98 Å². The zero-order valence-electron chi connectivity index (χ0n) is 8.57. The summed E-state index contributed by atoms with van der Waals surface area (Å²) in [7, 11) is 2.15. The molecule has 2 heterocycles. The molecule has 0 radical (unpaired) electrons. The predicted molar refractivity (Wildman–Crippen MR) is 53.9 cm³/mol. The molecule has 1 aliphatic heterocycles. The number of nitrogens with zero attached hydrogens (tertiary/aromatic N) is 2. The minimum Gasteiger partial charge on any atom is -0.447 e. The van der Waals surface area contributed by atoms with Crippen molar-refractivity contribution >= 4 is 0 Å². The van der Waals surface area contributed by atoms with E-state index < -0.39 is 0 Å². The molecule has 1 aromatic rings. The number of hydrogen-bond acceptors (Lipinski definition) is 4. The van der Waals surface area contributed by atoms with Crippen molar-refractivity contribution < 1.29 is 4.42 Å². The molecular formula is C10H17N3O. The van der Waals surface area contributed by atoms with E-state index in [1.165, 1.54) is 19.4 Å². The van der Waals surface area contributed by atoms with Gasteiger partial charge >= 0.3 is 0 Å². The van der Waals surface area contributed by atoms with E-state index in [4.69, 9.17) is 10.2 Å². The summed E-state index contributed by atoms with van der Waals surface area (Å²) in [5.74, 6) is 1.17. The van der Waals surface area contributed by atoms with Crippen molar-refractivity contribution in [2.75, 3.05) is 20.1 Å². The lowest BCUT2D eigenvalue weighted by molar-refractivity contribution is 0.248. The van der Waals surface area contributed by atoms with Gasteiger partial charge < -0.3 is 15.1 Å². The van der Waals surface area contributed by atoms with Gasteiger partial charge in [0.15, 0.2) is 0 Å². The number of likely N-dealkylation sites (tertiary alicyclic amines) is 1. The maximum absolute atomic E-state index is 5.45. The minimum absolute atomic E-state index is 0.391. The molecule has 1 atom stereocenters. The Labute approximate surface area is 84.1 Å². The number of nitrogens with two attached hydrogens (primary N) is 1. The van der Waals surface area contributed by atoms with Crippen LogP contribution in [0.1, 0.15) is 30.3 Å². The molecule has 1 fully saturated rings. The summed E-state index contributed by atoms with van der Waals surface area (Å²) in [6.07, 6.45) is 4.21. The lowest BCUT2D eigenvalue weighted by Crippen LogP contribution is -2.30. The van der Waals surface area contributed by atoms with Crippen molar-refractivity contribution in [1.29, 1.82) is 0 Å². The second-order valence-corrected chi connectivity index (χ2v) is 3.97. The summed E-state index contributed by atoms with van der Waals surface area (Å²) >= 11 is 0. The molecule has 0 saturated carbocycles. The topological polar surface area (TPSA) is 55.3 Å². The van der Waals surface area contributed by atoms with E-state index in [0.29, 0.717) is 18.4 Å². The highest BCUT2D eigenvalue weighted by atomic mass is 16.3. The Hall–Kier alpha value is -0.870. The lowest BCUT2D eigenvalue weighted by atomic mass is 9.96. The van der Waals surface area contributed by atoms with Crippen molar-refractivity contribution in [2.24, 2.45) is 5.73 Å². The first kappa shape index (κ1) is 9.68. The molecule has 1 aliphatic rings. The highest BCUT2D eigenvalue weighted by molar-refractivity contribution is 5.06. The molecule has 0 spiro atoms. The fourth-order valence-electron chi connectivity index (χ4n) is 2.01. The molecule has 1 saturated heterocycles. The Bertz CT molecular complexity index is 297. The van der Waals surface area contributed by atoms with Crippen LogP contribution in [-0.4, -0.2) is 30.0 Å². The molecular weight excluding hydrogens is 178 g/mol. The van der Waals surface area contributed by atoms with Crippen LogP contribution >= 0.6 is 0 Å². The van der Waals surface area contributed by atoms with Gasteiger partial charge in [0.25, 0.3) is 0 Å². The van der Waals surface area contributed by atoms with E-state index in [9.17, 15) is 0 Å². The highest BCUT2D eigenvalue weighted by Crippen LogP contribution is 2.25. The molecule has 14 heavy (non-hydrogen) atoms. The van der Waals surface area contributed by atoms with Crippen LogP contribution in [0.25, 0.3) is 0 Å². The van der Waals surface area contributed by atoms with Crippen molar-refractivity contribution in [3.8, 4) is 0 Å². The second-order valence-electron chi connectivity index (χ2n) is 3.97. The number of rotatable bonds is 2. The highest BCUT2D eigenvalue weighted by Gasteiger charge is 2.21. The predicted octanol–water partition coefficient (Wildman–Crippen LogP) is 0.943. The Morgan fingerprint density at radius 1 is 1.71 bits per heavy atom. The quantitative estimate of drug-likeness (QED) is 0.763. The van der Waals surface area contributed by atoms with Gasteiger partial charge in [0, 0.05) is 12.5 Å². The Kier molecular flexibility index (Phi) is 2.84. The summed E-state index contributed by atoms with van der Waals surface area (Å²) < 4.78 is 5.25. The van der Waals surface area contributed by atoms with Gasteiger partial charge in [-0.05, 0) is 26.4 Å². The molecule has 1 aromatic heterocycles. The number of aromatic nitrogens is 1. The molecule has 0 amide bonds. The fourth-order valence-corrected chi connectivity index (χ4v) is 2.01. The SMILES string of the molecule is CN1CCCC(c2coc(CN)n2)C1. The van der Waals surface area contributed by atoms with E-state index in [2.05, 4.69) is 16.9 Å². The van der Waals surface area contributed by atoms with Crippen LogP contribution in [0, 0.1) is 0 Å². The van der Waals surface area contributed by atoms with Gasteiger partial charge in [0.1, 0.15) is 6.26 Å². The van der Waals surface area contributed by atoms with Crippen LogP contribution in [0.4, 0.5) is 0 Å². The van der Waals surface area contributed by atoms with E-state index in [-0.39, 0.29) is 0 Å². The molecule has 4 nitrogen and oxygen atoms in total. The first-order valence-electron chi connectivity index (χ1n) is 5.12. The summed E-state index contributed by atoms with van der Waals surface area (Å²) in [6, 6.07) is 0. The van der Waals surface area contributed by atoms with E-state index >= 15 is 0 Å². The zero-order chi connectivity index (χ0) is 9.97. The summed E-state index contributed by atoms with van der Waals surface area (Å²) in [6.45, 7) is 2.66. The maximum Gasteiger partial charge on any atom is 0.207 e. The van der Waals surface area contributed by atoms with Gasteiger partial charge in [0.2, 0.25) is 5.89 Å². The number of likely N-dealkylation sites (N-methyl/N-ethyl adjacent to an activating group) is 1. The Morgan fingerprint density at radius 2 is 2.57 bits per heavy atom. The van der Waals surface area contributed by atoms with E-state index in [0.717, 1.165) is 12.2 Å². The monoisotopic (exact) mass is 195 g/mol. The third kappa shape index (κ3) is 1.96. The standard InChI is InChI=1S/C10H17N3O/c1-13-4-2-3-8(6-13)9-7-14-10(5-11)12-9/h7-8H,2-6,11H2,1H3. The molecule has 2 rings (SSSR count). The summed E-state index contributed by atoms with van der Waals surface area (Å²) in [5.41, 5.74) is 6.52. The normalized spacial score (nSPS) is 24.0. The van der Waals surface area contributed by atoms with Crippen molar-refractivity contribution in [2.45, 2.75) is 25.3 Å². The fraction of sp³-hybridized carbons (Fsp3) is 0.700. The third-order valence-corrected chi connectivity index (χ3v) is 2.79. The van der Waals surface area contributed by atoms with Gasteiger partial charge in [-0.3, -0.25) is 0 Å². The van der Waals surface area contributed by atoms with E-state index in [1.54, 1.807) is 6.26 Å². The maximum atomic E-state index is 5.45. The van der Waals surface area contributed by atoms with Crippen LogP contribution in [-0.2, 0) is 6.54 Å². The van der Waals surface area contributed by atoms with Crippen LogP contribution in [0.3, 0.4) is 0 Å². The average Bonchev–Trinajstić information content (AvgIpc) is 2.66. The van der Waals surface area contributed by atoms with Crippen LogP contribution in [0.5, 0.6) is 0 Å². The first-order chi connectivity index (χ1) is 6.79. The zero-order valence-corrected chi connectivity index (χ0v) is 8.57. The van der Waals surface area contributed by atoms with E-state index in [1.807, 2.05) is 0 Å². The minimum atomic E-state index is 0.391. The van der Waals surface area contributed by atoms with Crippen molar-refractivity contribution in [1.82, 2.24) is 9.88 Å². The van der Waals surface area contributed by atoms with Crippen molar-refractivity contribution in [3.05, 3.63) is 17.8 Å². The van der Waals surface area contributed by atoms with Crippen LogP contribution < -0.4 is 5.73 Å². The smallest absolute Gasteiger partial charge is 0.207 e. The number of piperidine rings is 1. The molecule has 78 valence electrons. The molecule has 0 aliphatic carbocycles. The second kappa shape index (κ2) is 4.11. The largest absolute Gasteiger partial charge is 0.447 e. The third-order valence-electron chi connectivity index (χ3n) is 2.79. The molecule has 1 unspecified atom stereocenters. The molecule has 0 aromatic carbocycles. The number of hydrogen-bond donors (Lipinski definition) is 1. The summed E-state index contributed by atoms with van der Waals surface area (Å²) in [4.78, 5) is 6.71. The number of oxazole rings is 1. The van der Waals surface area contributed by atoms with Gasteiger partial charge in [0.05, 0.1) is 12.2 Å². The van der Waals surface area contributed by atoms with Gasteiger partial charge in [-0.2, -0.15) is 0 Å². The Balaban J connectivity index is 2.06. The first-order valence-corrected chi connectivity index (χ1v) is 5.12.